The minimum absolute atomic E-state index is 0.00523. The van der Waals surface area contributed by atoms with Crippen LogP contribution in [0.25, 0.3) is 0 Å². The summed E-state index contributed by atoms with van der Waals surface area (Å²) in [4.78, 5) is 30.1. The summed E-state index contributed by atoms with van der Waals surface area (Å²) in [6, 6.07) is 10.3. The van der Waals surface area contributed by atoms with Gasteiger partial charge in [0.1, 0.15) is 12.4 Å². The van der Waals surface area contributed by atoms with Crippen LogP contribution in [0.5, 0.6) is 0 Å². The first kappa shape index (κ1) is 20.8. The van der Waals surface area contributed by atoms with E-state index in [1.807, 2.05) is 17.5 Å². The van der Waals surface area contributed by atoms with Crippen LogP contribution in [0, 0.1) is 5.82 Å². The van der Waals surface area contributed by atoms with Gasteiger partial charge < -0.3 is 9.80 Å². The summed E-state index contributed by atoms with van der Waals surface area (Å²) in [5, 5.41) is 1.97. The van der Waals surface area contributed by atoms with E-state index in [1.54, 1.807) is 33.3 Å². The van der Waals surface area contributed by atoms with Crippen LogP contribution in [0.2, 0.25) is 0 Å². The second kappa shape index (κ2) is 10.0. The number of alkyl halides is 1. The molecule has 28 heavy (non-hydrogen) atoms. The van der Waals surface area contributed by atoms with Gasteiger partial charge in [0.05, 0.1) is 6.54 Å². The molecule has 1 aromatic heterocycles. The number of nitrogens with zero attached hydrogens (tertiary/aromatic N) is 2. The van der Waals surface area contributed by atoms with Gasteiger partial charge in [-0.05, 0) is 48.4 Å². The topological polar surface area (TPSA) is 40.6 Å². The molecule has 7 heteroatoms. The molecule has 0 unspecified atom stereocenters. The maximum absolute atomic E-state index is 13.2. The average molecular weight is 423 g/mol. The molecule has 2 aromatic rings. The number of amides is 2. The number of carbonyl (C=O) groups is 2. The Kier molecular flexibility index (Phi) is 7.45. The first-order chi connectivity index (χ1) is 13.6. The van der Waals surface area contributed by atoms with Gasteiger partial charge >= 0.3 is 0 Å². The lowest BCUT2D eigenvalue weighted by molar-refractivity contribution is -0.141. The smallest absolute Gasteiger partial charge is 0.242 e. The number of thiophene rings is 1. The number of halogens is 2. The minimum Gasteiger partial charge on any atom is -0.332 e. The van der Waals surface area contributed by atoms with Gasteiger partial charge in [0.15, 0.2) is 0 Å². The predicted molar refractivity (Wildman–Crippen MR) is 110 cm³/mol. The highest BCUT2D eigenvalue weighted by molar-refractivity contribution is 7.09. The Morgan fingerprint density at radius 2 is 1.86 bits per heavy atom. The number of benzene rings is 1. The maximum Gasteiger partial charge on any atom is 0.242 e. The van der Waals surface area contributed by atoms with Crippen LogP contribution < -0.4 is 0 Å². The lowest BCUT2D eigenvalue weighted by atomic mass is 10.2. The molecule has 150 valence electrons. The Balaban J connectivity index is 1.70. The molecule has 0 bridgehead atoms. The molecule has 1 aliphatic rings. The van der Waals surface area contributed by atoms with Crippen molar-refractivity contribution in [3.63, 3.8) is 0 Å². The van der Waals surface area contributed by atoms with E-state index in [1.165, 1.54) is 12.1 Å². The summed E-state index contributed by atoms with van der Waals surface area (Å²) < 4.78 is 13.2. The van der Waals surface area contributed by atoms with E-state index in [4.69, 9.17) is 11.6 Å². The fourth-order valence-electron chi connectivity index (χ4n) is 3.05. The zero-order chi connectivity index (χ0) is 19.9. The normalized spacial score (nSPS) is 13.4. The summed E-state index contributed by atoms with van der Waals surface area (Å²) in [7, 11) is 0. The monoisotopic (exact) mass is 422 g/mol. The van der Waals surface area contributed by atoms with Crippen LogP contribution >= 0.6 is 22.9 Å². The van der Waals surface area contributed by atoms with Crippen LogP contribution in [0.15, 0.2) is 41.8 Å². The molecule has 2 amide bonds. The van der Waals surface area contributed by atoms with Gasteiger partial charge in [-0.1, -0.05) is 18.2 Å². The summed E-state index contributed by atoms with van der Waals surface area (Å²) in [6.45, 7) is 0.937. The van der Waals surface area contributed by atoms with E-state index in [2.05, 4.69) is 0 Å². The molecule has 0 saturated heterocycles. The van der Waals surface area contributed by atoms with Crippen LogP contribution in [0.3, 0.4) is 0 Å². The van der Waals surface area contributed by atoms with E-state index in [0.29, 0.717) is 31.8 Å². The second-order valence-electron chi connectivity index (χ2n) is 7.00. The molecule has 1 heterocycles. The molecular formula is C21H24ClFN2O2S. The Labute approximate surface area is 173 Å². The van der Waals surface area contributed by atoms with Gasteiger partial charge in [-0.25, -0.2) is 4.39 Å². The van der Waals surface area contributed by atoms with E-state index >= 15 is 0 Å². The zero-order valence-electron chi connectivity index (χ0n) is 15.7. The highest BCUT2D eigenvalue weighted by Crippen LogP contribution is 2.28. The molecule has 1 aliphatic carbocycles. The van der Waals surface area contributed by atoms with Crippen molar-refractivity contribution in [1.29, 1.82) is 0 Å². The molecule has 0 radical (unpaired) electrons. The number of hydrogen-bond donors (Lipinski definition) is 0. The third-order valence-electron chi connectivity index (χ3n) is 4.70. The summed E-state index contributed by atoms with van der Waals surface area (Å²) in [5.74, 6) is 0.0377. The Hall–Kier alpha value is -1.92. The number of carbonyl (C=O) groups excluding carboxylic acids is 2. The lowest BCUT2D eigenvalue weighted by Crippen LogP contribution is -2.43. The third-order valence-corrected chi connectivity index (χ3v) is 5.83. The van der Waals surface area contributed by atoms with Gasteiger partial charge in [0.25, 0.3) is 0 Å². The van der Waals surface area contributed by atoms with Crippen LogP contribution in [0.1, 0.15) is 36.1 Å². The number of rotatable bonds is 10. The van der Waals surface area contributed by atoms with Crippen molar-refractivity contribution in [1.82, 2.24) is 9.80 Å². The fraction of sp³-hybridized carbons (Fsp3) is 0.429. The van der Waals surface area contributed by atoms with Crippen molar-refractivity contribution in [3.05, 3.63) is 58.0 Å². The standard InChI is InChI=1S/C21H24ClFN2O2S/c22-11-1-4-20(26)25(18-9-10-18)15-21(27)24(14-19-3-2-12-28-19)13-16-5-7-17(23)8-6-16/h2-3,5-8,12,18H,1,4,9-11,13-15H2. The second-order valence-corrected chi connectivity index (χ2v) is 8.41. The van der Waals surface area contributed by atoms with Crippen molar-refractivity contribution in [3.8, 4) is 0 Å². The molecule has 0 atom stereocenters. The molecule has 1 aromatic carbocycles. The van der Waals surface area contributed by atoms with Crippen molar-refractivity contribution < 1.29 is 14.0 Å². The molecule has 0 N–H and O–H groups in total. The Morgan fingerprint density at radius 1 is 1.11 bits per heavy atom. The fourth-order valence-corrected chi connectivity index (χ4v) is 3.90. The number of hydrogen-bond acceptors (Lipinski definition) is 3. The summed E-state index contributed by atoms with van der Waals surface area (Å²) in [6.07, 6.45) is 2.88. The summed E-state index contributed by atoms with van der Waals surface area (Å²) >= 11 is 7.30. The molecule has 0 spiro atoms. The van der Waals surface area contributed by atoms with Gasteiger partial charge in [-0.15, -0.1) is 22.9 Å². The van der Waals surface area contributed by atoms with Crippen molar-refractivity contribution in [2.75, 3.05) is 12.4 Å². The van der Waals surface area contributed by atoms with Crippen LogP contribution in [-0.4, -0.2) is 40.1 Å². The highest BCUT2D eigenvalue weighted by atomic mass is 35.5. The minimum atomic E-state index is -0.301. The summed E-state index contributed by atoms with van der Waals surface area (Å²) in [5.41, 5.74) is 0.859. The SMILES string of the molecule is O=C(CN(C(=O)CCCCl)C1CC1)N(Cc1ccc(F)cc1)Cc1cccs1. The van der Waals surface area contributed by atoms with Crippen LogP contribution in [0.4, 0.5) is 4.39 Å². The highest BCUT2D eigenvalue weighted by Gasteiger charge is 2.34. The molecule has 0 aliphatic heterocycles. The van der Waals surface area contributed by atoms with Crippen molar-refractivity contribution in [2.24, 2.45) is 0 Å². The zero-order valence-corrected chi connectivity index (χ0v) is 17.2. The lowest BCUT2D eigenvalue weighted by Gasteiger charge is -2.28. The van der Waals surface area contributed by atoms with Gasteiger partial charge in [0, 0.05) is 29.8 Å². The van der Waals surface area contributed by atoms with E-state index in [9.17, 15) is 14.0 Å². The first-order valence-corrected chi connectivity index (χ1v) is 10.9. The molecular weight excluding hydrogens is 399 g/mol. The molecule has 3 rings (SSSR count). The molecule has 1 fully saturated rings. The average Bonchev–Trinajstić information content (AvgIpc) is 3.40. The van der Waals surface area contributed by atoms with Crippen LogP contribution in [-0.2, 0) is 22.7 Å². The largest absolute Gasteiger partial charge is 0.332 e. The predicted octanol–water partition coefficient (Wildman–Crippen LogP) is 4.43. The van der Waals surface area contributed by atoms with Crippen molar-refractivity contribution in [2.45, 2.75) is 44.8 Å². The van der Waals surface area contributed by atoms with E-state index < -0.39 is 0 Å². The van der Waals surface area contributed by atoms with Gasteiger partial charge in [0.2, 0.25) is 11.8 Å². The third kappa shape index (κ3) is 6.04. The Morgan fingerprint density at radius 3 is 2.46 bits per heavy atom. The Bertz CT molecular complexity index is 778. The van der Waals surface area contributed by atoms with E-state index in [0.717, 1.165) is 23.3 Å². The van der Waals surface area contributed by atoms with Crippen molar-refractivity contribution >= 4 is 34.8 Å². The van der Waals surface area contributed by atoms with E-state index in [-0.39, 0.29) is 30.2 Å². The van der Waals surface area contributed by atoms with Gasteiger partial charge in [-0.2, -0.15) is 0 Å². The molecule has 4 nitrogen and oxygen atoms in total. The quantitative estimate of drug-likeness (QED) is 0.531. The van der Waals surface area contributed by atoms with Gasteiger partial charge in [-0.3, -0.25) is 9.59 Å². The molecule has 1 saturated carbocycles. The first-order valence-electron chi connectivity index (χ1n) is 9.47. The maximum atomic E-state index is 13.2.